The van der Waals surface area contributed by atoms with E-state index in [0.29, 0.717) is 34.7 Å². The first-order valence-electron chi connectivity index (χ1n) is 15.0. The van der Waals surface area contributed by atoms with Crippen molar-refractivity contribution in [1.82, 2.24) is 4.90 Å². The number of carbonyl (C=O) groups is 2. The second kappa shape index (κ2) is 11.2. The molecule has 0 spiro atoms. The van der Waals surface area contributed by atoms with E-state index in [1.54, 1.807) is 20.1 Å². The Labute approximate surface area is 264 Å². The minimum atomic E-state index is -1.16. The summed E-state index contributed by atoms with van der Waals surface area (Å²) in [6.45, 7) is 3.82. The summed E-state index contributed by atoms with van der Waals surface area (Å²) < 4.78 is 17.8. The number of aliphatic carboxylic acids is 1. The van der Waals surface area contributed by atoms with E-state index in [1.807, 2.05) is 67.6 Å². The van der Waals surface area contributed by atoms with E-state index in [1.165, 1.54) is 17.0 Å². The average molecular weight is 618 g/mol. The Morgan fingerprint density at radius 1 is 0.978 bits per heavy atom. The van der Waals surface area contributed by atoms with Gasteiger partial charge in [-0.2, -0.15) is 0 Å². The summed E-state index contributed by atoms with van der Waals surface area (Å²) in [5.41, 5.74) is 6.35. The fraction of sp³-hybridized carbons (Fsp3) is 0.216. The number of carbonyl (C=O) groups excluding carboxylic acids is 1. The number of hydrogen-bond donors (Lipinski definition) is 2. The molecule has 1 fully saturated rings. The van der Waals surface area contributed by atoms with Gasteiger partial charge < -0.3 is 29.0 Å². The molecular formula is C37H31NO8. The van der Waals surface area contributed by atoms with Crippen molar-refractivity contribution in [2.75, 3.05) is 7.11 Å². The average Bonchev–Trinajstić information content (AvgIpc) is 3.38. The molecule has 9 heteroatoms. The number of ether oxygens (including phenoxy) is 2. The Morgan fingerprint density at radius 3 is 2.41 bits per heavy atom. The van der Waals surface area contributed by atoms with E-state index < -0.39 is 18.0 Å². The molecule has 7 rings (SSSR count). The van der Waals surface area contributed by atoms with E-state index in [2.05, 4.69) is 0 Å². The Kier molecular flexibility index (Phi) is 7.13. The zero-order chi connectivity index (χ0) is 32.3. The van der Waals surface area contributed by atoms with Crippen molar-refractivity contribution in [1.29, 1.82) is 0 Å². The zero-order valence-electron chi connectivity index (χ0n) is 25.4. The topological polar surface area (TPSA) is 127 Å². The number of carboxylic acid groups (broad SMARTS) is 1. The number of nitrogens with zero attached hydrogens (tertiary/aromatic N) is 1. The number of benzene rings is 4. The summed E-state index contributed by atoms with van der Waals surface area (Å²) in [6.07, 6.45) is -0.466. The Balaban J connectivity index is 1.16. The van der Waals surface area contributed by atoms with Crippen LogP contribution in [0.15, 0.2) is 93.8 Å². The molecule has 0 bridgehead atoms. The summed E-state index contributed by atoms with van der Waals surface area (Å²) in [5.74, 6) is -0.292. The Bertz CT molecular complexity index is 2090. The first-order valence-corrected chi connectivity index (χ1v) is 15.0. The second-order valence-corrected chi connectivity index (χ2v) is 11.8. The number of fused-ring (bicyclic) bond motifs is 3. The van der Waals surface area contributed by atoms with Crippen LogP contribution in [0.1, 0.15) is 30.0 Å². The number of aliphatic hydroxyl groups excluding tert-OH is 1. The summed E-state index contributed by atoms with van der Waals surface area (Å²) in [5, 5.41) is 20.8. The van der Waals surface area contributed by atoms with Crippen LogP contribution in [0.2, 0.25) is 0 Å². The number of rotatable bonds is 8. The lowest BCUT2D eigenvalue weighted by Crippen LogP contribution is -2.61. The maximum atomic E-state index is 12.6. The maximum absolute atomic E-state index is 12.6. The van der Waals surface area contributed by atoms with E-state index in [4.69, 9.17) is 13.9 Å². The number of aliphatic hydroxyl groups is 1. The van der Waals surface area contributed by atoms with Crippen molar-refractivity contribution in [3.8, 4) is 33.9 Å². The van der Waals surface area contributed by atoms with E-state index >= 15 is 0 Å². The second-order valence-electron chi connectivity index (χ2n) is 11.8. The summed E-state index contributed by atoms with van der Waals surface area (Å²) in [6, 6.07) is 23.4. The number of hydrogen-bond acceptors (Lipinski definition) is 7. The van der Waals surface area contributed by atoms with Crippen molar-refractivity contribution >= 4 is 28.4 Å². The van der Waals surface area contributed by atoms with Crippen LogP contribution in [0, 0.1) is 12.8 Å². The predicted molar refractivity (Wildman–Crippen MR) is 172 cm³/mol. The molecule has 1 aliphatic carbocycles. The molecule has 0 radical (unpaired) electrons. The fourth-order valence-corrected chi connectivity index (χ4v) is 6.77. The first kappa shape index (κ1) is 29.3. The molecular weight excluding hydrogens is 586 g/mol. The van der Waals surface area contributed by atoms with Gasteiger partial charge in [-0.05, 0) is 84.5 Å². The van der Waals surface area contributed by atoms with Gasteiger partial charge in [-0.1, -0.05) is 30.3 Å². The summed E-state index contributed by atoms with van der Waals surface area (Å²) >= 11 is 0. The lowest BCUT2D eigenvalue weighted by Gasteiger charge is -2.44. The third kappa shape index (κ3) is 4.80. The number of β-lactam (4-membered cyclic amide) rings is 1. The van der Waals surface area contributed by atoms with Gasteiger partial charge in [0.25, 0.3) is 0 Å². The van der Waals surface area contributed by atoms with Crippen LogP contribution in [0.25, 0.3) is 39.0 Å². The molecule has 0 saturated carbocycles. The standard InChI is InChI=1S/C37H31NO8/c1-19-14-24(44-3)9-12-26(19)34-27-11-8-23(40)15-31(27)46-32-16-25(10-13-28(32)34)45-18-21-4-6-22(7-5-21)29-17-30-33(20(2)39)36(41)38(30)35(29)37(42)43/h4-16,20,30,33,39H,17-18H2,1-3H3,(H,42,43)/t20-,30-,33-/m1/s1. The van der Waals surface area contributed by atoms with Gasteiger partial charge in [0.05, 0.1) is 25.2 Å². The molecule has 2 N–H and O–H groups in total. The molecule has 1 saturated heterocycles. The molecule has 0 unspecified atom stereocenters. The van der Waals surface area contributed by atoms with Gasteiger partial charge in [-0.15, -0.1) is 0 Å². The normalized spacial score (nSPS) is 18.1. The number of methoxy groups -OCH3 is 1. The molecule has 46 heavy (non-hydrogen) atoms. The minimum absolute atomic E-state index is 0.0170. The maximum Gasteiger partial charge on any atom is 0.352 e. The van der Waals surface area contributed by atoms with Crippen LogP contribution < -0.4 is 14.9 Å². The van der Waals surface area contributed by atoms with Gasteiger partial charge in [-0.25, -0.2) is 4.79 Å². The molecule has 3 aromatic carbocycles. The van der Waals surface area contributed by atoms with Crippen molar-refractivity contribution < 1.29 is 33.7 Å². The molecule has 3 aromatic rings. The minimum Gasteiger partial charge on any atom is -0.497 e. The molecule has 3 aliphatic heterocycles. The fourth-order valence-electron chi connectivity index (χ4n) is 6.77. The first-order chi connectivity index (χ1) is 22.1. The SMILES string of the molecule is COc1ccc(-c2c3ccc(=O)cc-3oc3cc(OCc4ccc(C5=C(C(=O)O)N6C(=O)[C@H]([C@@H](C)O)[C@H]6C5)cc4)ccc23)c(C)c1. The highest BCUT2D eigenvalue weighted by molar-refractivity contribution is 6.06. The van der Waals surface area contributed by atoms with Crippen LogP contribution in [0.5, 0.6) is 11.5 Å². The smallest absolute Gasteiger partial charge is 0.352 e. The van der Waals surface area contributed by atoms with E-state index in [-0.39, 0.29) is 29.7 Å². The number of carboxylic acids is 1. The predicted octanol–water partition coefficient (Wildman–Crippen LogP) is 5.87. The molecule has 1 amide bonds. The molecule has 4 aliphatic rings. The molecule has 3 atom stereocenters. The van der Waals surface area contributed by atoms with Crippen LogP contribution in [-0.2, 0) is 16.2 Å². The number of amides is 1. The van der Waals surface area contributed by atoms with Crippen LogP contribution >= 0.6 is 0 Å². The third-order valence-corrected chi connectivity index (χ3v) is 9.01. The summed E-state index contributed by atoms with van der Waals surface area (Å²) in [7, 11) is 1.63. The Morgan fingerprint density at radius 2 is 1.72 bits per heavy atom. The van der Waals surface area contributed by atoms with Gasteiger partial charge in [0.15, 0.2) is 5.43 Å². The molecule has 9 nitrogen and oxygen atoms in total. The van der Waals surface area contributed by atoms with Gasteiger partial charge in [-0.3, -0.25) is 9.59 Å². The number of aryl methyl sites for hydroxylation is 1. The van der Waals surface area contributed by atoms with E-state index in [9.17, 15) is 24.6 Å². The molecule has 232 valence electrons. The monoisotopic (exact) mass is 617 g/mol. The highest BCUT2D eigenvalue weighted by Gasteiger charge is 2.56. The third-order valence-electron chi connectivity index (χ3n) is 9.01. The lowest BCUT2D eigenvalue weighted by molar-refractivity contribution is -0.161. The van der Waals surface area contributed by atoms with Gasteiger partial charge in [0.2, 0.25) is 5.91 Å². The molecule has 0 aromatic heterocycles. The van der Waals surface area contributed by atoms with Crippen molar-refractivity contribution in [3.05, 3.63) is 111 Å². The quantitative estimate of drug-likeness (QED) is 0.164. The van der Waals surface area contributed by atoms with Gasteiger partial charge in [0, 0.05) is 28.6 Å². The van der Waals surface area contributed by atoms with Crippen molar-refractivity contribution in [3.63, 3.8) is 0 Å². The van der Waals surface area contributed by atoms with E-state index in [0.717, 1.165) is 39.0 Å². The van der Waals surface area contributed by atoms with Crippen LogP contribution in [0.4, 0.5) is 0 Å². The lowest BCUT2D eigenvalue weighted by atomic mass is 9.82. The highest BCUT2D eigenvalue weighted by Crippen LogP contribution is 2.47. The largest absolute Gasteiger partial charge is 0.497 e. The van der Waals surface area contributed by atoms with Gasteiger partial charge in [0.1, 0.15) is 35.1 Å². The highest BCUT2D eigenvalue weighted by atomic mass is 16.5. The van der Waals surface area contributed by atoms with Crippen molar-refractivity contribution in [2.45, 2.75) is 39.0 Å². The summed E-state index contributed by atoms with van der Waals surface area (Å²) in [4.78, 5) is 38.2. The van der Waals surface area contributed by atoms with Crippen LogP contribution in [-0.4, -0.2) is 46.2 Å². The molecule has 3 heterocycles. The van der Waals surface area contributed by atoms with Gasteiger partial charge >= 0.3 is 5.97 Å². The Hall–Kier alpha value is -5.41. The zero-order valence-corrected chi connectivity index (χ0v) is 25.4. The van der Waals surface area contributed by atoms with Crippen molar-refractivity contribution in [2.24, 2.45) is 5.92 Å². The van der Waals surface area contributed by atoms with Crippen LogP contribution in [0.3, 0.4) is 0 Å².